The molecule has 86 valence electrons. The molecule has 16 heavy (non-hydrogen) atoms. The van der Waals surface area contributed by atoms with Gasteiger partial charge < -0.3 is 0 Å². The van der Waals surface area contributed by atoms with E-state index in [2.05, 4.69) is 36.1 Å². The van der Waals surface area contributed by atoms with Crippen molar-refractivity contribution in [3.05, 3.63) is 35.4 Å². The van der Waals surface area contributed by atoms with Gasteiger partial charge in [0.05, 0.1) is 0 Å². The molecule has 1 aromatic rings. The highest BCUT2D eigenvalue weighted by atomic mass is 15.2. The third-order valence-corrected chi connectivity index (χ3v) is 4.34. The van der Waals surface area contributed by atoms with Crippen LogP contribution in [0.15, 0.2) is 24.3 Å². The lowest BCUT2D eigenvalue weighted by atomic mass is 9.79. The molecular formula is C15H21N. The molecule has 2 atom stereocenters. The fourth-order valence-electron chi connectivity index (χ4n) is 3.66. The quantitative estimate of drug-likeness (QED) is 0.732. The second kappa shape index (κ2) is 4.21. The minimum atomic E-state index is 0.830. The number of rotatable bonds is 2. The van der Waals surface area contributed by atoms with Gasteiger partial charge in [0.1, 0.15) is 0 Å². The van der Waals surface area contributed by atoms with Crippen molar-refractivity contribution in [1.82, 2.24) is 4.90 Å². The number of aryl methyl sites for hydroxylation is 1. The van der Waals surface area contributed by atoms with Crippen molar-refractivity contribution in [3.63, 3.8) is 0 Å². The molecule has 0 radical (unpaired) electrons. The summed E-state index contributed by atoms with van der Waals surface area (Å²) in [4.78, 5) is 2.72. The van der Waals surface area contributed by atoms with Gasteiger partial charge in [-0.25, -0.2) is 0 Å². The molecule has 2 aliphatic rings. The predicted molar refractivity (Wildman–Crippen MR) is 67.8 cm³/mol. The maximum Gasteiger partial charge on any atom is 0.0168 e. The molecule has 1 fully saturated rings. The largest absolute Gasteiger partial charge is 0.300 e. The van der Waals surface area contributed by atoms with E-state index in [0.717, 1.165) is 12.0 Å². The smallest absolute Gasteiger partial charge is 0.0168 e. The molecule has 0 spiro atoms. The number of hydrogen-bond acceptors (Lipinski definition) is 1. The molecule has 1 aliphatic carbocycles. The Morgan fingerprint density at radius 3 is 3.00 bits per heavy atom. The molecule has 1 aromatic carbocycles. The summed E-state index contributed by atoms with van der Waals surface area (Å²) in [5.74, 6) is 0.830. The Bertz CT molecular complexity index is 371. The first kappa shape index (κ1) is 10.3. The van der Waals surface area contributed by atoms with Crippen LogP contribution in [-0.2, 0) is 6.42 Å². The molecule has 3 rings (SSSR count). The van der Waals surface area contributed by atoms with Crippen LogP contribution >= 0.6 is 0 Å². The van der Waals surface area contributed by atoms with Crippen molar-refractivity contribution in [2.75, 3.05) is 13.1 Å². The highest BCUT2D eigenvalue weighted by Gasteiger charge is 2.37. The van der Waals surface area contributed by atoms with Gasteiger partial charge in [-0.3, -0.25) is 4.90 Å². The standard InChI is InChI=1S/C15H21N/c1-2-10-16-11-9-14-13-6-4-3-5-12(13)7-8-15(14)16/h3-6,14-15H,2,7-11H2,1H3/t14-,15+/m1/s1. The van der Waals surface area contributed by atoms with Crippen LogP contribution in [-0.4, -0.2) is 24.0 Å². The summed E-state index contributed by atoms with van der Waals surface area (Å²) >= 11 is 0. The lowest BCUT2D eigenvalue weighted by molar-refractivity contribution is 0.227. The lowest BCUT2D eigenvalue weighted by Crippen LogP contribution is -2.35. The third-order valence-electron chi connectivity index (χ3n) is 4.34. The molecule has 0 N–H and O–H groups in total. The first-order valence-corrected chi connectivity index (χ1v) is 6.72. The van der Waals surface area contributed by atoms with Gasteiger partial charge in [0, 0.05) is 12.0 Å². The average molecular weight is 215 g/mol. The third kappa shape index (κ3) is 1.58. The Kier molecular flexibility index (Phi) is 2.72. The zero-order valence-electron chi connectivity index (χ0n) is 10.2. The molecule has 1 aliphatic heterocycles. The van der Waals surface area contributed by atoms with E-state index in [1.807, 2.05) is 0 Å². The Morgan fingerprint density at radius 1 is 1.25 bits per heavy atom. The van der Waals surface area contributed by atoms with E-state index in [1.54, 1.807) is 11.1 Å². The number of nitrogens with zero attached hydrogens (tertiary/aromatic N) is 1. The Morgan fingerprint density at radius 2 is 2.12 bits per heavy atom. The molecule has 0 aromatic heterocycles. The molecule has 0 bridgehead atoms. The van der Waals surface area contributed by atoms with Gasteiger partial charge in [0.25, 0.3) is 0 Å². The second-order valence-electron chi connectivity index (χ2n) is 5.24. The van der Waals surface area contributed by atoms with Gasteiger partial charge in [-0.1, -0.05) is 31.2 Å². The van der Waals surface area contributed by atoms with Crippen molar-refractivity contribution < 1.29 is 0 Å². The van der Waals surface area contributed by atoms with Crippen molar-refractivity contribution in [3.8, 4) is 0 Å². The van der Waals surface area contributed by atoms with Crippen LogP contribution in [0.4, 0.5) is 0 Å². The number of fused-ring (bicyclic) bond motifs is 3. The van der Waals surface area contributed by atoms with Crippen LogP contribution in [0, 0.1) is 0 Å². The van der Waals surface area contributed by atoms with Crippen molar-refractivity contribution in [2.45, 2.75) is 44.6 Å². The van der Waals surface area contributed by atoms with Crippen molar-refractivity contribution >= 4 is 0 Å². The summed E-state index contributed by atoms with van der Waals surface area (Å²) in [6.07, 6.45) is 5.34. The summed E-state index contributed by atoms with van der Waals surface area (Å²) in [6, 6.07) is 9.94. The summed E-state index contributed by atoms with van der Waals surface area (Å²) in [6.45, 7) is 4.91. The Hall–Kier alpha value is -0.820. The summed E-state index contributed by atoms with van der Waals surface area (Å²) in [5, 5.41) is 0. The monoisotopic (exact) mass is 215 g/mol. The molecule has 1 saturated heterocycles. The van der Waals surface area contributed by atoms with E-state index in [9.17, 15) is 0 Å². The van der Waals surface area contributed by atoms with Gasteiger partial charge in [-0.15, -0.1) is 0 Å². The zero-order valence-corrected chi connectivity index (χ0v) is 10.2. The van der Waals surface area contributed by atoms with Crippen LogP contribution in [0.1, 0.15) is 43.2 Å². The maximum atomic E-state index is 2.72. The average Bonchev–Trinajstić information content (AvgIpc) is 2.73. The van der Waals surface area contributed by atoms with Crippen LogP contribution in [0.25, 0.3) is 0 Å². The van der Waals surface area contributed by atoms with E-state index in [-0.39, 0.29) is 0 Å². The summed E-state index contributed by atoms with van der Waals surface area (Å²) in [7, 11) is 0. The molecule has 1 heteroatoms. The van der Waals surface area contributed by atoms with E-state index >= 15 is 0 Å². The van der Waals surface area contributed by atoms with E-state index < -0.39 is 0 Å². The fourth-order valence-corrected chi connectivity index (χ4v) is 3.66. The molecule has 1 heterocycles. The zero-order chi connectivity index (χ0) is 11.0. The predicted octanol–water partition coefficient (Wildman–Crippen LogP) is 3.20. The van der Waals surface area contributed by atoms with Crippen LogP contribution in [0.2, 0.25) is 0 Å². The lowest BCUT2D eigenvalue weighted by Gasteiger charge is -2.33. The fraction of sp³-hybridized carbons (Fsp3) is 0.600. The molecule has 0 unspecified atom stereocenters. The van der Waals surface area contributed by atoms with Crippen molar-refractivity contribution in [2.24, 2.45) is 0 Å². The van der Waals surface area contributed by atoms with E-state index in [4.69, 9.17) is 0 Å². The Labute approximate surface area is 98.5 Å². The number of benzene rings is 1. The van der Waals surface area contributed by atoms with Gasteiger partial charge >= 0.3 is 0 Å². The first-order valence-electron chi connectivity index (χ1n) is 6.72. The first-order chi connectivity index (χ1) is 7.90. The minimum Gasteiger partial charge on any atom is -0.300 e. The SMILES string of the molecule is CCCN1CC[C@@H]2c3ccccc3CC[C@@H]21. The summed E-state index contributed by atoms with van der Waals surface area (Å²) < 4.78 is 0. The minimum absolute atomic E-state index is 0.830. The maximum absolute atomic E-state index is 2.72. The summed E-state index contributed by atoms with van der Waals surface area (Å²) in [5.41, 5.74) is 3.26. The number of likely N-dealkylation sites (tertiary alicyclic amines) is 1. The van der Waals surface area contributed by atoms with Crippen LogP contribution in [0.3, 0.4) is 0 Å². The van der Waals surface area contributed by atoms with Gasteiger partial charge in [0.15, 0.2) is 0 Å². The number of hydrogen-bond donors (Lipinski definition) is 0. The molecule has 1 nitrogen and oxygen atoms in total. The van der Waals surface area contributed by atoms with Gasteiger partial charge in [-0.05, 0) is 49.9 Å². The highest BCUT2D eigenvalue weighted by molar-refractivity contribution is 5.35. The second-order valence-corrected chi connectivity index (χ2v) is 5.24. The highest BCUT2D eigenvalue weighted by Crippen LogP contribution is 2.41. The van der Waals surface area contributed by atoms with Crippen LogP contribution < -0.4 is 0 Å². The molecule has 0 amide bonds. The van der Waals surface area contributed by atoms with E-state index in [1.165, 1.54) is 38.8 Å². The van der Waals surface area contributed by atoms with Gasteiger partial charge in [0.2, 0.25) is 0 Å². The Balaban J connectivity index is 1.87. The normalized spacial score (nSPS) is 28.8. The van der Waals surface area contributed by atoms with Gasteiger partial charge in [-0.2, -0.15) is 0 Å². The van der Waals surface area contributed by atoms with Crippen LogP contribution in [0.5, 0.6) is 0 Å². The van der Waals surface area contributed by atoms with Crippen molar-refractivity contribution in [1.29, 1.82) is 0 Å². The molecular weight excluding hydrogens is 194 g/mol. The topological polar surface area (TPSA) is 3.24 Å². The molecule has 0 saturated carbocycles. The van der Waals surface area contributed by atoms with E-state index in [0.29, 0.717) is 0 Å².